The summed E-state index contributed by atoms with van der Waals surface area (Å²) in [7, 11) is 0. The molecule has 1 heterocycles. The molecule has 0 saturated heterocycles. The fraction of sp³-hybridized carbons (Fsp3) is 0.600. The highest BCUT2D eigenvalue weighted by Gasteiger charge is 2.15. The highest BCUT2D eigenvalue weighted by atomic mass is 16.5. The number of rotatable bonds is 7. The molecule has 20 heavy (non-hydrogen) atoms. The fourth-order valence-electron chi connectivity index (χ4n) is 1.96. The molecule has 1 rings (SSSR count). The van der Waals surface area contributed by atoms with Crippen molar-refractivity contribution in [3.05, 3.63) is 27.0 Å². The molecule has 0 aliphatic carbocycles. The van der Waals surface area contributed by atoms with E-state index in [-0.39, 0.29) is 11.4 Å². The molecule has 0 unspecified atom stereocenters. The standard InChI is InChI=1S/C15H22N2O3/c1-4-5-8-20-9-6-7-17-14(18)12(3)11(2)13(10-16)15(17)19/h18H,4-9H2,1-3H3. The average Bonchev–Trinajstić information content (AvgIpc) is 2.44. The maximum atomic E-state index is 12.1. The number of hydrogen-bond acceptors (Lipinski definition) is 4. The van der Waals surface area contributed by atoms with Crippen LogP contribution in [0.1, 0.15) is 42.9 Å². The number of aromatic nitrogens is 1. The number of hydrogen-bond donors (Lipinski definition) is 1. The van der Waals surface area contributed by atoms with Gasteiger partial charge in [0.15, 0.2) is 5.88 Å². The summed E-state index contributed by atoms with van der Waals surface area (Å²) in [5.41, 5.74) is 0.798. The molecule has 5 heteroatoms. The SMILES string of the molecule is CCCCOCCCn1c(O)c(C)c(C)c(C#N)c1=O. The van der Waals surface area contributed by atoms with Crippen molar-refractivity contribution in [2.24, 2.45) is 0 Å². The van der Waals surface area contributed by atoms with E-state index in [1.807, 2.05) is 6.07 Å². The van der Waals surface area contributed by atoms with Gasteiger partial charge in [0.2, 0.25) is 0 Å². The van der Waals surface area contributed by atoms with E-state index in [2.05, 4.69) is 6.92 Å². The second-order valence-electron chi connectivity index (χ2n) is 4.84. The first kappa shape index (κ1) is 16.3. The first-order valence-corrected chi connectivity index (χ1v) is 6.95. The second kappa shape index (κ2) is 7.71. The Morgan fingerprint density at radius 3 is 2.50 bits per heavy atom. The Bertz CT molecular complexity index is 556. The Hall–Kier alpha value is -1.80. The van der Waals surface area contributed by atoms with Gasteiger partial charge in [0.1, 0.15) is 11.6 Å². The number of aromatic hydroxyl groups is 1. The molecule has 5 nitrogen and oxygen atoms in total. The molecule has 0 bridgehead atoms. The molecule has 1 N–H and O–H groups in total. The highest BCUT2D eigenvalue weighted by Crippen LogP contribution is 2.20. The Kier molecular flexibility index (Phi) is 6.26. The van der Waals surface area contributed by atoms with E-state index < -0.39 is 5.56 Å². The minimum Gasteiger partial charge on any atom is -0.494 e. The van der Waals surface area contributed by atoms with Crippen LogP contribution in [0.5, 0.6) is 5.88 Å². The molecule has 1 aromatic heterocycles. The molecule has 0 saturated carbocycles. The number of nitrogens with zero attached hydrogens (tertiary/aromatic N) is 2. The van der Waals surface area contributed by atoms with Gasteiger partial charge in [-0.3, -0.25) is 9.36 Å². The zero-order valence-corrected chi connectivity index (χ0v) is 12.4. The maximum absolute atomic E-state index is 12.1. The zero-order valence-electron chi connectivity index (χ0n) is 12.4. The lowest BCUT2D eigenvalue weighted by Crippen LogP contribution is -2.25. The van der Waals surface area contributed by atoms with Crippen LogP contribution in [0.3, 0.4) is 0 Å². The van der Waals surface area contributed by atoms with Gasteiger partial charge in [0.25, 0.3) is 5.56 Å². The van der Waals surface area contributed by atoms with Crippen molar-refractivity contribution in [3.8, 4) is 11.9 Å². The molecule has 0 spiro atoms. The number of nitriles is 1. The van der Waals surface area contributed by atoms with Gasteiger partial charge in [-0.1, -0.05) is 13.3 Å². The summed E-state index contributed by atoms with van der Waals surface area (Å²) >= 11 is 0. The Morgan fingerprint density at radius 2 is 1.90 bits per heavy atom. The van der Waals surface area contributed by atoms with E-state index in [1.54, 1.807) is 13.8 Å². The quantitative estimate of drug-likeness (QED) is 0.776. The van der Waals surface area contributed by atoms with Crippen LogP contribution >= 0.6 is 0 Å². The first-order valence-electron chi connectivity index (χ1n) is 6.95. The molecule has 0 aromatic carbocycles. The lowest BCUT2D eigenvalue weighted by atomic mass is 10.1. The Balaban J connectivity index is 2.79. The number of ether oxygens (including phenoxy) is 1. The van der Waals surface area contributed by atoms with Crippen molar-refractivity contribution in [3.63, 3.8) is 0 Å². The molecule has 0 aliphatic rings. The smallest absolute Gasteiger partial charge is 0.271 e. The normalized spacial score (nSPS) is 10.5. The van der Waals surface area contributed by atoms with Gasteiger partial charge in [-0.15, -0.1) is 0 Å². The molecular formula is C15H22N2O3. The Labute approximate surface area is 119 Å². The molecule has 0 aliphatic heterocycles. The monoisotopic (exact) mass is 278 g/mol. The van der Waals surface area contributed by atoms with Crippen molar-refractivity contribution in [1.82, 2.24) is 4.57 Å². The van der Waals surface area contributed by atoms with Crippen molar-refractivity contribution in [2.75, 3.05) is 13.2 Å². The van der Waals surface area contributed by atoms with E-state index in [4.69, 9.17) is 10.00 Å². The summed E-state index contributed by atoms with van der Waals surface area (Å²) in [4.78, 5) is 12.1. The average molecular weight is 278 g/mol. The molecule has 110 valence electrons. The van der Waals surface area contributed by atoms with Crippen molar-refractivity contribution in [1.29, 1.82) is 5.26 Å². The van der Waals surface area contributed by atoms with Crippen LogP contribution in [0.15, 0.2) is 4.79 Å². The third-order valence-corrected chi connectivity index (χ3v) is 3.41. The lowest BCUT2D eigenvalue weighted by Gasteiger charge is -2.13. The van der Waals surface area contributed by atoms with E-state index in [1.165, 1.54) is 4.57 Å². The minimum atomic E-state index is -0.429. The van der Waals surface area contributed by atoms with Gasteiger partial charge >= 0.3 is 0 Å². The van der Waals surface area contributed by atoms with Crippen molar-refractivity contribution >= 4 is 0 Å². The lowest BCUT2D eigenvalue weighted by molar-refractivity contribution is 0.125. The van der Waals surface area contributed by atoms with Crippen LogP contribution in [0.4, 0.5) is 0 Å². The molecule has 0 radical (unpaired) electrons. The van der Waals surface area contributed by atoms with Crippen molar-refractivity contribution < 1.29 is 9.84 Å². The topological polar surface area (TPSA) is 75.2 Å². The minimum absolute atomic E-state index is 0.0555. The van der Waals surface area contributed by atoms with Gasteiger partial charge in [-0.2, -0.15) is 5.26 Å². The predicted molar refractivity (Wildman–Crippen MR) is 76.9 cm³/mol. The summed E-state index contributed by atoms with van der Waals surface area (Å²) in [6.45, 7) is 7.09. The van der Waals surface area contributed by atoms with Crippen LogP contribution in [-0.4, -0.2) is 22.9 Å². The summed E-state index contributed by atoms with van der Waals surface area (Å²) in [5.74, 6) is -0.0555. The van der Waals surface area contributed by atoms with E-state index >= 15 is 0 Å². The van der Waals surface area contributed by atoms with Crippen LogP contribution in [-0.2, 0) is 11.3 Å². The Morgan fingerprint density at radius 1 is 1.25 bits per heavy atom. The predicted octanol–water partition coefficient (Wildman–Crippen LogP) is 2.25. The van der Waals surface area contributed by atoms with Gasteiger partial charge in [-0.25, -0.2) is 0 Å². The van der Waals surface area contributed by atoms with E-state index in [0.29, 0.717) is 37.3 Å². The molecule has 0 fully saturated rings. The highest BCUT2D eigenvalue weighted by molar-refractivity contribution is 5.44. The summed E-state index contributed by atoms with van der Waals surface area (Å²) in [5, 5.41) is 19.1. The number of pyridine rings is 1. The fourth-order valence-corrected chi connectivity index (χ4v) is 1.96. The maximum Gasteiger partial charge on any atom is 0.271 e. The van der Waals surface area contributed by atoms with Crippen molar-refractivity contribution in [2.45, 2.75) is 46.6 Å². The summed E-state index contributed by atoms with van der Waals surface area (Å²) in [6, 6.07) is 1.91. The molecular weight excluding hydrogens is 256 g/mol. The van der Waals surface area contributed by atoms with Gasteiger partial charge in [0, 0.05) is 25.3 Å². The third kappa shape index (κ3) is 3.61. The molecule has 0 amide bonds. The second-order valence-corrected chi connectivity index (χ2v) is 4.84. The van der Waals surface area contributed by atoms with Gasteiger partial charge in [0.05, 0.1) is 0 Å². The largest absolute Gasteiger partial charge is 0.494 e. The first-order chi connectivity index (χ1) is 9.54. The zero-order chi connectivity index (χ0) is 15.1. The van der Waals surface area contributed by atoms with Crippen LogP contribution in [0.25, 0.3) is 0 Å². The summed E-state index contributed by atoms with van der Waals surface area (Å²) < 4.78 is 6.68. The summed E-state index contributed by atoms with van der Waals surface area (Å²) in [6.07, 6.45) is 2.74. The van der Waals surface area contributed by atoms with Crippen LogP contribution in [0, 0.1) is 25.2 Å². The molecule has 0 atom stereocenters. The number of unbranched alkanes of at least 4 members (excludes halogenated alkanes) is 1. The van der Waals surface area contributed by atoms with Crippen LogP contribution in [0.2, 0.25) is 0 Å². The van der Waals surface area contributed by atoms with Gasteiger partial charge in [-0.05, 0) is 32.3 Å². The van der Waals surface area contributed by atoms with Crippen LogP contribution < -0.4 is 5.56 Å². The molecule has 1 aromatic rings. The van der Waals surface area contributed by atoms with Gasteiger partial charge < -0.3 is 9.84 Å². The van der Waals surface area contributed by atoms with E-state index in [0.717, 1.165) is 12.8 Å². The third-order valence-electron chi connectivity index (χ3n) is 3.41. The van der Waals surface area contributed by atoms with E-state index in [9.17, 15) is 9.90 Å².